The minimum Gasteiger partial charge on any atom is -0.381 e. The zero-order valence-electron chi connectivity index (χ0n) is 16.9. The first-order chi connectivity index (χ1) is 14.5. The van der Waals surface area contributed by atoms with Crippen LogP contribution in [-0.2, 0) is 13.1 Å². The van der Waals surface area contributed by atoms with Crippen LogP contribution in [0.15, 0.2) is 80.8 Å². The van der Waals surface area contributed by atoms with Crippen LogP contribution in [0.1, 0.15) is 22.3 Å². The van der Waals surface area contributed by atoms with E-state index in [1.807, 2.05) is 24.3 Å². The summed E-state index contributed by atoms with van der Waals surface area (Å²) in [6.45, 7) is 5.18. The Labute approximate surface area is 173 Å². The summed E-state index contributed by atoms with van der Waals surface area (Å²) < 4.78 is 5.80. The maximum atomic E-state index is 11.5. The summed E-state index contributed by atoms with van der Waals surface area (Å²) in [5.41, 5.74) is 7.53. The normalized spacial score (nSPS) is 10.9. The van der Waals surface area contributed by atoms with Crippen LogP contribution in [0, 0.1) is 13.8 Å². The van der Waals surface area contributed by atoms with Crippen LogP contribution in [0.3, 0.4) is 0 Å². The number of rotatable bonds is 6. The number of aryl methyl sites for hydroxylation is 2. The fraction of sp³-hybridized carbons (Fsp3) is 0.167. The molecule has 0 amide bonds. The molecule has 1 heterocycles. The van der Waals surface area contributed by atoms with Gasteiger partial charge in [-0.05, 0) is 65.4 Å². The predicted molar refractivity (Wildman–Crippen MR) is 118 cm³/mol. The van der Waals surface area contributed by atoms with E-state index in [-0.39, 0.29) is 6.54 Å². The topological polar surface area (TPSA) is 80.0 Å². The van der Waals surface area contributed by atoms with Crippen molar-refractivity contribution in [2.75, 3.05) is 5.32 Å². The molecule has 4 aromatic rings. The lowest BCUT2D eigenvalue weighted by Crippen LogP contribution is -2.17. The van der Waals surface area contributed by atoms with Gasteiger partial charge in [-0.15, -0.1) is 4.74 Å². The first kappa shape index (κ1) is 19.5. The third kappa shape index (κ3) is 4.27. The molecule has 1 aromatic heterocycles. The summed E-state index contributed by atoms with van der Waals surface area (Å²) in [6.07, 6.45) is 0. The summed E-state index contributed by atoms with van der Waals surface area (Å²) in [7, 11) is 0. The lowest BCUT2D eigenvalue weighted by atomic mass is 9.95. The van der Waals surface area contributed by atoms with Crippen LogP contribution >= 0.6 is 0 Å². The molecular formula is C24H23N3O3. The van der Waals surface area contributed by atoms with E-state index in [9.17, 15) is 9.59 Å². The van der Waals surface area contributed by atoms with Gasteiger partial charge in [-0.3, -0.25) is 0 Å². The molecule has 0 aliphatic carbocycles. The minimum absolute atomic E-state index is 0.204. The fourth-order valence-electron chi connectivity index (χ4n) is 3.62. The molecular weight excluding hydrogens is 378 g/mol. The van der Waals surface area contributed by atoms with Crippen molar-refractivity contribution in [3.05, 3.63) is 110 Å². The number of anilines is 1. The van der Waals surface area contributed by atoms with Crippen LogP contribution in [0.2, 0.25) is 0 Å². The molecule has 4 rings (SSSR count). The average molecular weight is 401 g/mol. The lowest BCUT2D eigenvalue weighted by Gasteiger charge is -2.12. The Bertz CT molecular complexity index is 1260. The number of nitrogens with one attached hydrogen (secondary N) is 2. The molecule has 0 spiro atoms. The standard InChI is InChI=1S/C24H23N3O3/c1-16-5-3-6-17(2)22(16)20-8-4-7-19(13-20)14-25-21-11-9-18(10-12-21)15-27-23(28)26-24(29)30-27/h3-13,25H,14-15H2,1-2H3,(H,26,28,29). The van der Waals surface area contributed by atoms with Crippen molar-refractivity contribution in [2.24, 2.45) is 0 Å². The zero-order chi connectivity index (χ0) is 21.1. The summed E-state index contributed by atoms with van der Waals surface area (Å²) in [6, 6.07) is 22.6. The average Bonchev–Trinajstić information content (AvgIpc) is 3.04. The molecule has 0 radical (unpaired) electrons. The van der Waals surface area contributed by atoms with Gasteiger partial charge in [0.2, 0.25) is 0 Å². The second-order valence-electron chi connectivity index (χ2n) is 7.36. The van der Waals surface area contributed by atoms with E-state index >= 15 is 0 Å². The second kappa shape index (κ2) is 8.29. The summed E-state index contributed by atoms with van der Waals surface area (Å²) in [5, 5.41) is 3.43. The summed E-state index contributed by atoms with van der Waals surface area (Å²) in [5.74, 6) is -0.749. The molecule has 0 bridgehead atoms. The lowest BCUT2D eigenvalue weighted by molar-refractivity contribution is 0.258. The molecule has 0 aliphatic heterocycles. The van der Waals surface area contributed by atoms with Crippen LogP contribution < -0.4 is 16.8 Å². The zero-order valence-corrected chi connectivity index (χ0v) is 16.9. The van der Waals surface area contributed by atoms with Gasteiger partial charge in [0.15, 0.2) is 0 Å². The van der Waals surface area contributed by atoms with Crippen molar-refractivity contribution in [1.82, 2.24) is 9.72 Å². The van der Waals surface area contributed by atoms with E-state index in [0.717, 1.165) is 16.0 Å². The Morgan fingerprint density at radius 1 is 0.900 bits per heavy atom. The van der Waals surface area contributed by atoms with Gasteiger partial charge in [0.05, 0.1) is 6.54 Å². The SMILES string of the molecule is Cc1cccc(C)c1-c1cccc(CNc2ccc(Cn3oc(=O)[nH]c3=O)cc2)c1. The molecule has 30 heavy (non-hydrogen) atoms. The Kier molecular flexibility index (Phi) is 5.39. The van der Waals surface area contributed by atoms with Crippen molar-refractivity contribution in [1.29, 1.82) is 0 Å². The Balaban J connectivity index is 1.44. The van der Waals surface area contributed by atoms with E-state index in [2.05, 4.69) is 66.6 Å². The molecule has 0 fully saturated rings. The molecule has 0 atom stereocenters. The number of hydrogen-bond donors (Lipinski definition) is 2. The van der Waals surface area contributed by atoms with Gasteiger partial charge in [0.1, 0.15) is 0 Å². The number of nitrogens with zero attached hydrogens (tertiary/aromatic N) is 1. The largest absolute Gasteiger partial charge is 0.440 e. The molecule has 6 heteroatoms. The van der Waals surface area contributed by atoms with Crippen LogP contribution in [0.4, 0.5) is 5.69 Å². The number of benzene rings is 3. The smallest absolute Gasteiger partial charge is 0.381 e. The highest BCUT2D eigenvalue weighted by atomic mass is 16.5. The highest BCUT2D eigenvalue weighted by molar-refractivity contribution is 5.71. The monoisotopic (exact) mass is 401 g/mol. The highest BCUT2D eigenvalue weighted by Crippen LogP contribution is 2.28. The summed E-state index contributed by atoms with van der Waals surface area (Å²) >= 11 is 0. The Hall–Kier alpha value is -3.80. The van der Waals surface area contributed by atoms with E-state index in [0.29, 0.717) is 6.54 Å². The Morgan fingerprint density at radius 3 is 2.27 bits per heavy atom. The second-order valence-corrected chi connectivity index (χ2v) is 7.36. The van der Waals surface area contributed by atoms with Crippen LogP contribution in [-0.4, -0.2) is 9.72 Å². The maximum absolute atomic E-state index is 11.5. The van der Waals surface area contributed by atoms with Gasteiger partial charge in [0, 0.05) is 12.2 Å². The third-order valence-electron chi connectivity index (χ3n) is 5.10. The molecule has 6 nitrogen and oxygen atoms in total. The molecule has 0 saturated carbocycles. The first-order valence-electron chi connectivity index (χ1n) is 9.78. The van der Waals surface area contributed by atoms with Crippen molar-refractivity contribution >= 4 is 5.69 Å². The van der Waals surface area contributed by atoms with Gasteiger partial charge in [-0.25, -0.2) is 14.6 Å². The minimum atomic E-state index is -0.749. The van der Waals surface area contributed by atoms with Crippen molar-refractivity contribution in [3.8, 4) is 11.1 Å². The summed E-state index contributed by atoms with van der Waals surface area (Å²) in [4.78, 5) is 24.7. The van der Waals surface area contributed by atoms with E-state index in [4.69, 9.17) is 4.52 Å². The first-order valence-corrected chi connectivity index (χ1v) is 9.78. The van der Waals surface area contributed by atoms with Crippen LogP contribution in [0.5, 0.6) is 0 Å². The number of H-pyrrole nitrogens is 1. The molecule has 152 valence electrons. The van der Waals surface area contributed by atoms with Gasteiger partial charge in [0.25, 0.3) is 0 Å². The van der Waals surface area contributed by atoms with E-state index in [1.165, 1.54) is 27.8 Å². The molecule has 3 aromatic carbocycles. The molecule has 0 aliphatic rings. The quantitative estimate of drug-likeness (QED) is 0.510. The van der Waals surface area contributed by atoms with Gasteiger partial charge in [-0.1, -0.05) is 48.5 Å². The van der Waals surface area contributed by atoms with E-state index in [1.54, 1.807) is 0 Å². The van der Waals surface area contributed by atoms with E-state index < -0.39 is 11.4 Å². The van der Waals surface area contributed by atoms with Gasteiger partial charge < -0.3 is 9.84 Å². The van der Waals surface area contributed by atoms with Gasteiger partial charge in [-0.2, -0.15) is 0 Å². The van der Waals surface area contributed by atoms with Gasteiger partial charge >= 0.3 is 11.4 Å². The van der Waals surface area contributed by atoms with Crippen LogP contribution in [0.25, 0.3) is 11.1 Å². The Morgan fingerprint density at radius 2 is 1.60 bits per heavy atom. The molecule has 0 saturated heterocycles. The number of aromatic nitrogens is 2. The van der Waals surface area contributed by atoms with Crippen molar-refractivity contribution in [3.63, 3.8) is 0 Å². The maximum Gasteiger partial charge on any atom is 0.440 e. The number of aromatic amines is 1. The van der Waals surface area contributed by atoms with Crippen molar-refractivity contribution in [2.45, 2.75) is 26.9 Å². The van der Waals surface area contributed by atoms with Crippen molar-refractivity contribution < 1.29 is 4.52 Å². The highest BCUT2D eigenvalue weighted by Gasteiger charge is 2.07. The number of hydrogen-bond acceptors (Lipinski definition) is 4. The molecule has 0 unspecified atom stereocenters. The predicted octanol–water partition coefficient (Wildman–Crippen LogP) is 4.07. The third-order valence-corrected chi connectivity index (χ3v) is 5.10. The molecule has 2 N–H and O–H groups in total. The fourth-order valence-corrected chi connectivity index (χ4v) is 3.62.